The number of esters is 1. The van der Waals surface area contributed by atoms with Gasteiger partial charge < -0.3 is 20.1 Å². The molecule has 2 rings (SSSR count). The number of rotatable bonds is 5. The van der Waals surface area contributed by atoms with E-state index in [1.165, 1.54) is 0 Å². The smallest absolute Gasteiger partial charge is 0.339 e. The van der Waals surface area contributed by atoms with Gasteiger partial charge in [-0.05, 0) is 50.2 Å². The molecule has 22 heavy (non-hydrogen) atoms. The third-order valence-electron chi connectivity index (χ3n) is 3.24. The molecule has 1 atom stereocenters. The predicted molar refractivity (Wildman–Crippen MR) is 90.6 cm³/mol. The summed E-state index contributed by atoms with van der Waals surface area (Å²) in [5.41, 5.74) is 1.05. The first-order valence-corrected chi connectivity index (χ1v) is 8.02. The number of anilines is 1. The van der Waals surface area contributed by atoms with E-state index in [9.17, 15) is 4.79 Å². The Kier molecular flexibility index (Phi) is 6.42. The van der Waals surface area contributed by atoms with Crippen LogP contribution >= 0.6 is 23.8 Å². The van der Waals surface area contributed by atoms with E-state index >= 15 is 0 Å². The van der Waals surface area contributed by atoms with Crippen molar-refractivity contribution in [2.75, 3.05) is 25.1 Å². The van der Waals surface area contributed by atoms with Gasteiger partial charge in [0.2, 0.25) is 0 Å². The van der Waals surface area contributed by atoms with Crippen molar-refractivity contribution in [1.29, 1.82) is 0 Å². The highest BCUT2D eigenvalue weighted by Gasteiger charge is 2.16. The predicted octanol–water partition coefficient (Wildman–Crippen LogP) is 2.98. The summed E-state index contributed by atoms with van der Waals surface area (Å²) >= 11 is 11.3. The standard InChI is InChI=1S/C15H19ClN2O3S/c1-2-20-14(19)12-6-5-10(8-13(12)16)18-15(22)17-9-11-4-3-7-21-11/h5-6,8,11H,2-4,7,9H2,1H3,(H2,17,18,22). The van der Waals surface area contributed by atoms with Crippen molar-refractivity contribution in [3.8, 4) is 0 Å². The van der Waals surface area contributed by atoms with Crippen LogP contribution in [-0.2, 0) is 9.47 Å². The van der Waals surface area contributed by atoms with Crippen molar-refractivity contribution in [1.82, 2.24) is 5.32 Å². The fourth-order valence-corrected chi connectivity index (χ4v) is 2.61. The molecule has 1 aromatic carbocycles. The van der Waals surface area contributed by atoms with E-state index in [1.54, 1.807) is 25.1 Å². The topological polar surface area (TPSA) is 59.6 Å². The lowest BCUT2D eigenvalue weighted by Crippen LogP contribution is -2.34. The number of nitrogens with one attached hydrogen (secondary N) is 2. The van der Waals surface area contributed by atoms with Crippen LogP contribution in [-0.4, -0.2) is 36.9 Å². The summed E-state index contributed by atoms with van der Waals surface area (Å²) in [6.07, 6.45) is 2.36. The second-order valence-corrected chi connectivity index (χ2v) is 5.70. The van der Waals surface area contributed by atoms with E-state index in [2.05, 4.69) is 10.6 Å². The molecule has 1 aromatic rings. The summed E-state index contributed by atoms with van der Waals surface area (Å²) in [6.45, 7) is 3.56. The fourth-order valence-electron chi connectivity index (χ4n) is 2.15. The van der Waals surface area contributed by atoms with Gasteiger partial charge in [-0.15, -0.1) is 0 Å². The van der Waals surface area contributed by atoms with Crippen molar-refractivity contribution in [3.63, 3.8) is 0 Å². The lowest BCUT2D eigenvalue weighted by atomic mass is 10.2. The van der Waals surface area contributed by atoms with Crippen LogP contribution in [0.3, 0.4) is 0 Å². The average molecular weight is 343 g/mol. The Labute approximate surface area is 140 Å². The minimum absolute atomic E-state index is 0.217. The number of hydrogen-bond acceptors (Lipinski definition) is 4. The van der Waals surface area contributed by atoms with Crippen LogP contribution in [0.4, 0.5) is 5.69 Å². The molecule has 1 aliphatic heterocycles. The Morgan fingerprint density at radius 1 is 1.55 bits per heavy atom. The SMILES string of the molecule is CCOC(=O)c1ccc(NC(=S)NCC2CCCO2)cc1Cl. The zero-order valence-corrected chi connectivity index (χ0v) is 13.9. The molecule has 1 saturated heterocycles. The zero-order valence-electron chi connectivity index (χ0n) is 12.4. The molecule has 0 amide bonds. The zero-order chi connectivity index (χ0) is 15.9. The van der Waals surface area contributed by atoms with Crippen molar-refractivity contribution in [2.24, 2.45) is 0 Å². The van der Waals surface area contributed by atoms with Crippen molar-refractivity contribution in [2.45, 2.75) is 25.9 Å². The van der Waals surface area contributed by atoms with E-state index in [0.717, 1.165) is 19.4 Å². The third-order valence-corrected chi connectivity index (χ3v) is 3.80. The van der Waals surface area contributed by atoms with Crippen LogP contribution < -0.4 is 10.6 Å². The van der Waals surface area contributed by atoms with Gasteiger partial charge in [-0.25, -0.2) is 4.79 Å². The number of thiocarbonyl (C=S) groups is 1. The molecule has 5 nitrogen and oxygen atoms in total. The molecule has 0 saturated carbocycles. The van der Waals surface area contributed by atoms with Crippen LogP contribution in [0.5, 0.6) is 0 Å². The number of carbonyl (C=O) groups is 1. The second-order valence-electron chi connectivity index (χ2n) is 4.89. The first kappa shape index (κ1) is 17.0. The third kappa shape index (κ3) is 4.83. The van der Waals surface area contributed by atoms with Gasteiger partial charge >= 0.3 is 5.97 Å². The van der Waals surface area contributed by atoms with Gasteiger partial charge in [0.25, 0.3) is 0 Å². The van der Waals surface area contributed by atoms with Gasteiger partial charge in [-0.3, -0.25) is 0 Å². The van der Waals surface area contributed by atoms with E-state index < -0.39 is 5.97 Å². The van der Waals surface area contributed by atoms with E-state index in [4.69, 9.17) is 33.3 Å². The second kappa shape index (κ2) is 8.31. The molecule has 120 valence electrons. The molecule has 1 unspecified atom stereocenters. The van der Waals surface area contributed by atoms with Crippen LogP contribution in [0.25, 0.3) is 0 Å². The average Bonchev–Trinajstić information content (AvgIpc) is 2.98. The minimum Gasteiger partial charge on any atom is -0.462 e. The fraction of sp³-hybridized carbons (Fsp3) is 0.467. The maximum atomic E-state index is 11.7. The lowest BCUT2D eigenvalue weighted by Gasteiger charge is -2.14. The summed E-state index contributed by atoms with van der Waals surface area (Å²) < 4.78 is 10.4. The van der Waals surface area contributed by atoms with E-state index in [0.29, 0.717) is 34.5 Å². The Balaban J connectivity index is 1.88. The number of benzene rings is 1. The van der Waals surface area contributed by atoms with E-state index in [-0.39, 0.29) is 6.10 Å². The molecule has 0 aliphatic carbocycles. The minimum atomic E-state index is -0.432. The molecule has 1 heterocycles. The molecular formula is C15H19ClN2O3S. The Morgan fingerprint density at radius 3 is 3.00 bits per heavy atom. The Bertz CT molecular complexity index is 548. The molecule has 2 N–H and O–H groups in total. The first-order chi connectivity index (χ1) is 10.6. The van der Waals surface area contributed by atoms with Gasteiger partial charge in [-0.2, -0.15) is 0 Å². The summed E-state index contributed by atoms with van der Waals surface area (Å²) in [5.74, 6) is -0.432. The molecule has 0 spiro atoms. The number of halogens is 1. The van der Waals surface area contributed by atoms with Gasteiger partial charge in [-0.1, -0.05) is 11.6 Å². The monoisotopic (exact) mass is 342 g/mol. The van der Waals surface area contributed by atoms with Crippen LogP contribution in [0, 0.1) is 0 Å². The first-order valence-electron chi connectivity index (χ1n) is 7.23. The summed E-state index contributed by atoms with van der Waals surface area (Å²) in [4.78, 5) is 11.7. The molecular weight excluding hydrogens is 324 g/mol. The lowest BCUT2D eigenvalue weighted by molar-refractivity contribution is 0.0526. The summed E-state index contributed by atoms with van der Waals surface area (Å²) in [6, 6.07) is 5.00. The van der Waals surface area contributed by atoms with Crippen LogP contribution in [0.2, 0.25) is 5.02 Å². The molecule has 0 radical (unpaired) electrons. The van der Waals surface area contributed by atoms with Gasteiger partial charge in [0.1, 0.15) is 0 Å². The number of carbonyl (C=O) groups excluding carboxylic acids is 1. The van der Waals surface area contributed by atoms with Crippen molar-refractivity contribution in [3.05, 3.63) is 28.8 Å². The van der Waals surface area contributed by atoms with Crippen LogP contribution in [0.15, 0.2) is 18.2 Å². The normalized spacial score (nSPS) is 17.1. The largest absolute Gasteiger partial charge is 0.462 e. The molecule has 0 bridgehead atoms. The molecule has 0 aromatic heterocycles. The highest BCUT2D eigenvalue weighted by molar-refractivity contribution is 7.80. The maximum Gasteiger partial charge on any atom is 0.339 e. The van der Waals surface area contributed by atoms with Crippen molar-refractivity contribution >= 4 is 40.6 Å². The molecule has 7 heteroatoms. The Hall–Kier alpha value is -1.37. The quantitative estimate of drug-likeness (QED) is 0.633. The summed E-state index contributed by atoms with van der Waals surface area (Å²) in [5, 5.41) is 6.96. The number of ether oxygens (including phenoxy) is 2. The van der Waals surface area contributed by atoms with Gasteiger partial charge in [0, 0.05) is 18.8 Å². The van der Waals surface area contributed by atoms with Gasteiger partial charge in [0.15, 0.2) is 5.11 Å². The number of hydrogen-bond donors (Lipinski definition) is 2. The highest BCUT2D eigenvalue weighted by atomic mass is 35.5. The van der Waals surface area contributed by atoms with Crippen LogP contribution in [0.1, 0.15) is 30.1 Å². The highest BCUT2D eigenvalue weighted by Crippen LogP contribution is 2.22. The molecule has 1 fully saturated rings. The molecule has 1 aliphatic rings. The summed E-state index contributed by atoms with van der Waals surface area (Å²) in [7, 11) is 0. The van der Waals surface area contributed by atoms with Gasteiger partial charge in [0.05, 0.1) is 23.3 Å². The van der Waals surface area contributed by atoms with Crippen molar-refractivity contribution < 1.29 is 14.3 Å². The maximum absolute atomic E-state index is 11.7. The van der Waals surface area contributed by atoms with E-state index in [1.807, 2.05) is 0 Å². The Morgan fingerprint density at radius 2 is 2.36 bits per heavy atom.